The predicted octanol–water partition coefficient (Wildman–Crippen LogP) is 2.29. The maximum Gasteiger partial charge on any atom is 0.141 e. The van der Waals surface area contributed by atoms with Crippen LogP contribution in [0.15, 0.2) is 6.33 Å². The van der Waals surface area contributed by atoms with Crippen molar-refractivity contribution in [1.82, 2.24) is 19.7 Å². The van der Waals surface area contributed by atoms with E-state index in [-0.39, 0.29) is 0 Å². The Kier molecular flexibility index (Phi) is 4.98. The summed E-state index contributed by atoms with van der Waals surface area (Å²) in [7, 11) is 0. The van der Waals surface area contributed by atoms with Crippen molar-refractivity contribution in [1.29, 1.82) is 0 Å². The van der Waals surface area contributed by atoms with E-state index >= 15 is 0 Å². The lowest BCUT2D eigenvalue weighted by Crippen LogP contribution is -2.36. The molecule has 0 spiro atoms. The van der Waals surface area contributed by atoms with Gasteiger partial charge in [0.25, 0.3) is 0 Å². The largest absolute Gasteiger partial charge is 0.296 e. The van der Waals surface area contributed by atoms with Crippen LogP contribution in [0.1, 0.15) is 32.0 Å². The summed E-state index contributed by atoms with van der Waals surface area (Å²) in [5.74, 6) is 1.91. The highest BCUT2D eigenvalue weighted by Crippen LogP contribution is 2.19. The third-order valence-corrected chi connectivity index (χ3v) is 4.23. The monoisotopic (exact) mass is 300 g/mol. The molecule has 0 aliphatic carbocycles. The van der Waals surface area contributed by atoms with Crippen LogP contribution < -0.4 is 0 Å². The average molecular weight is 301 g/mol. The van der Waals surface area contributed by atoms with Crippen molar-refractivity contribution in [3.05, 3.63) is 12.2 Å². The van der Waals surface area contributed by atoms with Crippen LogP contribution >= 0.6 is 15.9 Å². The third kappa shape index (κ3) is 3.52. The highest BCUT2D eigenvalue weighted by Gasteiger charge is 2.20. The fraction of sp³-hybridized carbons (Fsp3) is 0.833. The highest BCUT2D eigenvalue weighted by atomic mass is 79.9. The molecular weight excluding hydrogens is 280 g/mol. The highest BCUT2D eigenvalue weighted by molar-refractivity contribution is 9.09. The number of nitrogens with zero attached hydrogens (tertiary/aromatic N) is 4. The maximum absolute atomic E-state index is 4.38. The van der Waals surface area contributed by atoms with E-state index in [9.17, 15) is 0 Å². The molecule has 96 valence electrons. The number of alkyl halides is 1. The first kappa shape index (κ1) is 13.0. The summed E-state index contributed by atoms with van der Waals surface area (Å²) in [6.45, 7) is 6.48. The van der Waals surface area contributed by atoms with Crippen molar-refractivity contribution in [3.8, 4) is 0 Å². The second kappa shape index (κ2) is 6.50. The van der Waals surface area contributed by atoms with Crippen molar-refractivity contribution in [3.63, 3.8) is 0 Å². The first-order valence-corrected chi connectivity index (χ1v) is 7.60. The molecule has 0 aromatic carbocycles. The first-order valence-electron chi connectivity index (χ1n) is 6.48. The average Bonchev–Trinajstić information content (AvgIpc) is 2.78. The standard InChI is InChI=1S/C12H21BrN4/c1-2-5-17-12(14-10-15-17)9-16-6-3-4-11(7-13)8-16/h10-11H,2-9H2,1H3. The molecule has 0 radical (unpaired) electrons. The zero-order valence-electron chi connectivity index (χ0n) is 10.5. The SMILES string of the molecule is CCCn1ncnc1CN1CCCC(CBr)C1. The van der Waals surface area contributed by atoms with Gasteiger partial charge in [0.1, 0.15) is 12.2 Å². The molecule has 5 heteroatoms. The molecule has 1 aromatic heterocycles. The van der Waals surface area contributed by atoms with Gasteiger partial charge in [0.05, 0.1) is 6.54 Å². The van der Waals surface area contributed by atoms with E-state index in [2.05, 4.69) is 37.8 Å². The van der Waals surface area contributed by atoms with E-state index in [1.54, 1.807) is 6.33 Å². The molecule has 0 N–H and O–H groups in total. The molecule has 4 nitrogen and oxygen atoms in total. The van der Waals surface area contributed by atoms with Gasteiger partial charge in [-0.1, -0.05) is 22.9 Å². The van der Waals surface area contributed by atoms with E-state index in [4.69, 9.17) is 0 Å². The van der Waals surface area contributed by atoms with Crippen molar-refractivity contribution in [2.75, 3.05) is 18.4 Å². The van der Waals surface area contributed by atoms with E-state index in [1.807, 2.05) is 4.68 Å². The number of aryl methyl sites for hydroxylation is 1. The molecule has 0 saturated carbocycles. The molecule has 0 amide bonds. The number of halogens is 1. The maximum atomic E-state index is 4.38. The van der Waals surface area contributed by atoms with Gasteiger partial charge in [-0.2, -0.15) is 5.10 Å². The predicted molar refractivity (Wildman–Crippen MR) is 72.1 cm³/mol. The molecule has 1 atom stereocenters. The van der Waals surface area contributed by atoms with Crippen LogP contribution in [0.5, 0.6) is 0 Å². The molecule has 1 aliphatic rings. The fourth-order valence-corrected chi connectivity index (χ4v) is 2.96. The minimum Gasteiger partial charge on any atom is -0.296 e. The Balaban J connectivity index is 1.93. The summed E-state index contributed by atoms with van der Waals surface area (Å²) < 4.78 is 2.04. The van der Waals surface area contributed by atoms with Gasteiger partial charge in [0, 0.05) is 18.4 Å². The Hall–Kier alpha value is -0.420. The lowest BCUT2D eigenvalue weighted by molar-refractivity contribution is 0.172. The molecule has 1 fully saturated rings. The van der Waals surface area contributed by atoms with Gasteiger partial charge in [-0.3, -0.25) is 4.90 Å². The number of likely N-dealkylation sites (tertiary alicyclic amines) is 1. The Morgan fingerprint density at radius 3 is 3.18 bits per heavy atom. The number of hydrogen-bond acceptors (Lipinski definition) is 3. The van der Waals surface area contributed by atoms with Crippen LogP contribution in [0, 0.1) is 5.92 Å². The minimum absolute atomic E-state index is 0.797. The zero-order valence-corrected chi connectivity index (χ0v) is 12.1. The molecule has 1 unspecified atom stereocenters. The van der Waals surface area contributed by atoms with E-state index < -0.39 is 0 Å². The van der Waals surface area contributed by atoms with Crippen molar-refractivity contribution >= 4 is 15.9 Å². The Morgan fingerprint density at radius 1 is 1.53 bits per heavy atom. The molecule has 0 bridgehead atoms. The van der Waals surface area contributed by atoms with E-state index in [0.717, 1.165) is 36.6 Å². The van der Waals surface area contributed by atoms with Crippen LogP contribution in [-0.2, 0) is 13.1 Å². The zero-order chi connectivity index (χ0) is 12.1. The summed E-state index contributed by atoms with van der Waals surface area (Å²) >= 11 is 3.60. The third-order valence-electron chi connectivity index (χ3n) is 3.32. The van der Waals surface area contributed by atoms with Crippen molar-refractivity contribution < 1.29 is 0 Å². The lowest BCUT2D eigenvalue weighted by Gasteiger charge is -2.31. The molecule has 1 aliphatic heterocycles. The second-order valence-electron chi connectivity index (χ2n) is 4.80. The van der Waals surface area contributed by atoms with Gasteiger partial charge in [0.15, 0.2) is 0 Å². The molecular formula is C12H21BrN4. The van der Waals surface area contributed by atoms with Gasteiger partial charge in [0.2, 0.25) is 0 Å². The van der Waals surface area contributed by atoms with E-state index in [0.29, 0.717) is 0 Å². The first-order chi connectivity index (χ1) is 8.33. The Bertz CT molecular complexity index is 339. The summed E-state index contributed by atoms with van der Waals surface area (Å²) in [5, 5.41) is 5.40. The summed E-state index contributed by atoms with van der Waals surface area (Å²) in [4.78, 5) is 6.88. The van der Waals surface area contributed by atoms with Crippen LogP contribution in [0.2, 0.25) is 0 Å². The van der Waals surface area contributed by atoms with Gasteiger partial charge >= 0.3 is 0 Å². The lowest BCUT2D eigenvalue weighted by atomic mass is 10.0. The van der Waals surface area contributed by atoms with Crippen LogP contribution in [0.4, 0.5) is 0 Å². The smallest absolute Gasteiger partial charge is 0.141 e. The topological polar surface area (TPSA) is 34.0 Å². The van der Waals surface area contributed by atoms with Crippen molar-refractivity contribution in [2.45, 2.75) is 39.3 Å². The Morgan fingerprint density at radius 2 is 2.41 bits per heavy atom. The van der Waals surface area contributed by atoms with Crippen LogP contribution in [0.25, 0.3) is 0 Å². The number of rotatable bonds is 5. The second-order valence-corrected chi connectivity index (χ2v) is 5.44. The van der Waals surface area contributed by atoms with Gasteiger partial charge in [-0.15, -0.1) is 0 Å². The van der Waals surface area contributed by atoms with Gasteiger partial charge in [-0.05, 0) is 31.7 Å². The number of hydrogen-bond donors (Lipinski definition) is 0. The number of piperidine rings is 1. The minimum atomic E-state index is 0.797. The summed E-state index contributed by atoms with van der Waals surface area (Å²) in [5.41, 5.74) is 0. The number of aromatic nitrogens is 3. The molecule has 2 heterocycles. The summed E-state index contributed by atoms with van der Waals surface area (Å²) in [6.07, 6.45) is 5.44. The quantitative estimate of drug-likeness (QED) is 0.783. The van der Waals surface area contributed by atoms with E-state index in [1.165, 1.54) is 25.9 Å². The van der Waals surface area contributed by atoms with Crippen molar-refractivity contribution in [2.24, 2.45) is 5.92 Å². The van der Waals surface area contributed by atoms with Gasteiger partial charge < -0.3 is 0 Å². The normalized spacial score (nSPS) is 21.9. The Labute approximate surface area is 112 Å². The van der Waals surface area contributed by atoms with Gasteiger partial charge in [-0.25, -0.2) is 9.67 Å². The molecule has 1 aromatic rings. The van der Waals surface area contributed by atoms with Crippen LogP contribution in [-0.4, -0.2) is 38.1 Å². The molecule has 17 heavy (non-hydrogen) atoms. The summed E-state index contributed by atoms with van der Waals surface area (Å²) in [6, 6.07) is 0. The van der Waals surface area contributed by atoms with Crippen LogP contribution in [0.3, 0.4) is 0 Å². The molecule has 1 saturated heterocycles. The fourth-order valence-electron chi connectivity index (χ4n) is 2.43. The molecule has 2 rings (SSSR count).